The molecular weight excluding hydrogens is 647 g/mol. The number of ether oxygens (including phenoxy) is 2. The summed E-state index contributed by atoms with van der Waals surface area (Å²) < 4.78 is 13.4. The summed E-state index contributed by atoms with van der Waals surface area (Å²) in [5, 5.41) is 4.52. The smallest absolute Gasteiger partial charge is 0.177 e. The van der Waals surface area contributed by atoms with Gasteiger partial charge in [0, 0.05) is 22.5 Å². The van der Waals surface area contributed by atoms with Crippen LogP contribution in [0, 0.1) is 0 Å². The van der Waals surface area contributed by atoms with Gasteiger partial charge in [-0.3, -0.25) is 0 Å². The number of fused-ring (bicyclic) bond motifs is 2. The fourth-order valence-electron chi connectivity index (χ4n) is 7.51. The van der Waals surface area contributed by atoms with E-state index >= 15 is 0 Å². The normalized spacial score (nSPS) is 11.7. The van der Waals surface area contributed by atoms with Crippen LogP contribution in [0.2, 0.25) is 0 Å². The van der Waals surface area contributed by atoms with E-state index in [-0.39, 0.29) is 0 Å². The molecule has 0 aromatic heterocycles. The van der Waals surface area contributed by atoms with Crippen LogP contribution in [0.4, 0.5) is 17.1 Å². The molecule has 9 aromatic carbocycles. The molecule has 53 heavy (non-hydrogen) atoms. The Morgan fingerprint density at radius 1 is 0.321 bits per heavy atom. The average Bonchev–Trinajstić information content (AvgIpc) is 3.39. The van der Waals surface area contributed by atoms with Crippen molar-refractivity contribution in [3.05, 3.63) is 200 Å². The summed E-state index contributed by atoms with van der Waals surface area (Å²) in [6.07, 6.45) is 0. The molecule has 0 radical (unpaired) electrons. The fourth-order valence-corrected chi connectivity index (χ4v) is 7.51. The minimum Gasteiger partial charge on any atom is -0.453 e. The summed E-state index contributed by atoms with van der Waals surface area (Å²) in [5.41, 5.74) is 9.80. The van der Waals surface area contributed by atoms with Gasteiger partial charge in [0.25, 0.3) is 0 Å². The number of nitrogens with zero attached hydrogens (tertiary/aromatic N) is 1. The topological polar surface area (TPSA) is 21.7 Å². The van der Waals surface area contributed by atoms with E-state index < -0.39 is 0 Å². The zero-order valence-corrected chi connectivity index (χ0v) is 28.8. The standard InChI is InChI=1S/C50H33NO2/c1-2-11-34(12-3-1)36-25-29-41(30-26-36)51(42-31-27-37(28-32-42)40-24-23-35-13-4-5-14-39(35)33-40)45-19-7-6-17-43(45)44-18-10-22-48-50(44)53-47-21-9-16-38-15-8-20-46(52-48)49(38)47/h1-33H. The average molecular weight is 680 g/mol. The molecule has 250 valence electrons. The van der Waals surface area contributed by atoms with E-state index in [0.717, 1.165) is 50.5 Å². The summed E-state index contributed by atoms with van der Waals surface area (Å²) in [6, 6.07) is 70.3. The second-order valence-electron chi connectivity index (χ2n) is 13.3. The van der Waals surface area contributed by atoms with Crippen LogP contribution in [0.5, 0.6) is 23.0 Å². The Bertz CT molecular complexity index is 2770. The van der Waals surface area contributed by atoms with Crippen molar-refractivity contribution in [3.63, 3.8) is 0 Å². The lowest BCUT2D eigenvalue weighted by molar-refractivity contribution is 0.441. The van der Waals surface area contributed by atoms with Gasteiger partial charge in [0.2, 0.25) is 0 Å². The van der Waals surface area contributed by atoms with Gasteiger partial charge in [-0.05, 0) is 93.0 Å². The number of hydrogen-bond donors (Lipinski definition) is 0. The number of anilines is 3. The van der Waals surface area contributed by atoms with Crippen LogP contribution in [-0.4, -0.2) is 0 Å². The molecule has 3 heteroatoms. The third kappa shape index (κ3) is 5.56. The predicted molar refractivity (Wildman–Crippen MR) is 219 cm³/mol. The highest BCUT2D eigenvalue weighted by Gasteiger charge is 2.25. The number of para-hydroxylation sites is 2. The highest BCUT2D eigenvalue weighted by molar-refractivity contribution is 5.97. The summed E-state index contributed by atoms with van der Waals surface area (Å²) in [7, 11) is 0. The molecular formula is C50H33NO2. The lowest BCUT2D eigenvalue weighted by Crippen LogP contribution is -2.11. The Labute approximate surface area is 308 Å². The monoisotopic (exact) mass is 679 g/mol. The molecule has 0 atom stereocenters. The molecule has 0 N–H and O–H groups in total. The highest BCUT2D eigenvalue weighted by Crippen LogP contribution is 2.52. The maximum absolute atomic E-state index is 6.82. The van der Waals surface area contributed by atoms with Crippen molar-refractivity contribution < 1.29 is 9.47 Å². The third-order valence-corrected chi connectivity index (χ3v) is 10.1. The Balaban J connectivity index is 1.11. The molecule has 0 saturated carbocycles. The first-order valence-corrected chi connectivity index (χ1v) is 17.9. The fraction of sp³-hybridized carbons (Fsp3) is 0. The second-order valence-corrected chi connectivity index (χ2v) is 13.3. The van der Waals surface area contributed by atoms with Crippen molar-refractivity contribution in [3.8, 4) is 56.4 Å². The minimum absolute atomic E-state index is 0.680. The first kappa shape index (κ1) is 30.7. The van der Waals surface area contributed by atoms with Crippen LogP contribution < -0.4 is 14.4 Å². The van der Waals surface area contributed by atoms with E-state index in [1.807, 2.05) is 36.4 Å². The zero-order valence-electron chi connectivity index (χ0n) is 28.8. The first-order chi connectivity index (χ1) is 26.3. The van der Waals surface area contributed by atoms with Crippen LogP contribution in [-0.2, 0) is 0 Å². The summed E-state index contributed by atoms with van der Waals surface area (Å²) in [5.74, 6) is 2.93. The summed E-state index contributed by atoms with van der Waals surface area (Å²) >= 11 is 0. The quantitative estimate of drug-likeness (QED) is 0.175. The van der Waals surface area contributed by atoms with Crippen LogP contribution in [0.1, 0.15) is 0 Å². The zero-order chi connectivity index (χ0) is 35.1. The van der Waals surface area contributed by atoms with Crippen LogP contribution in [0.15, 0.2) is 200 Å². The van der Waals surface area contributed by atoms with E-state index in [0.29, 0.717) is 11.5 Å². The van der Waals surface area contributed by atoms with Gasteiger partial charge in [-0.1, -0.05) is 146 Å². The van der Waals surface area contributed by atoms with Crippen molar-refractivity contribution in [2.45, 2.75) is 0 Å². The molecule has 0 spiro atoms. The molecule has 0 aliphatic carbocycles. The number of rotatable bonds is 6. The molecule has 9 aromatic rings. The molecule has 0 amide bonds. The first-order valence-electron chi connectivity index (χ1n) is 17.9. The van der Waals surface area contributed by atoms with E-state index in [4.69, 9.17) is 9.47 Å². The van der Waals surface area contributed by atoms with Gasteiger partial charge in [-0.25, -0.2) is 0 Å². The molecule has 0 fully saturated rings. The van der Waals surface area contributed by atoms with Crippen LogP contribution in [0.25, 0.3) is 54.9 Å². The second kappa shape index (κ2) is 12.9. The molecule has 1 aliphatic rings. The van der Waals surface area contributed by atoms with Crippen molar-refractivity contribution in [2.75, 3.05) is 4.90 Å². The Hall–Kier alpha value is -7.10. The van der Waals surface area contributed by atoms with Crippen molar-refractivity contribution in [1.29, 1.82) is 0 Å². The van der Waals surface area contributed by atoms with Crippen molar-refractivity contribution >= 4 is 38.6 Å². The molecule has 1 aliphatic heterocycles. The lowest BCUT2D eigenvalue weighted by atomic mass is 9.98. The minimum atomic E-state index is 0.680. The predicted octanol–water partition coefficient (Wildman–Crippen LogP) is 14.4. The van der Waals surface area contributed by atoms with Gasteiger partial charge in [-0.2, -0.15) is 0 Å². The van der Waals surface area contributed by atoms with Crippen LogP contribution >= 0.6 is 0 Å². The Morgan fingerprint density at radius 3 is 1.60 bits per heavy atom. The van der Waals surface area contributed by atoms with E-state index in [1.165, 1.54) is 33.0 Å². The largest absolute Gasteiger partial charge is 0.453 e. The third-order valence-electron chi connectivity index (χ3n) is 10.1. The molecule has 0 unspecified atom stereocenters. The van der Waals surface area contributed by atoms with Gasteiger partial charge in [0.15, 0.2) is 11.5 Å². The molecule has 3 nitrogen and oxygen atoms in total. The van der Waals surface area contributed by atoms with Crippen molar-refractivity contribution in [1.82, 2.24) is 0 Å². The van der Waals surface area contributed by atoms with Gasteiger partial charge < -0.3 is 14.4 Å². The molecule has 10 rings (SSSR count). The SMILES string of the molecule is c1ccc(-c2ccc(N(c3ccc(-c4ccc5ccccc5c4)cc3)c3ccccc3-c3cccc4c3Oc3cccc5cccc(c35)O4)cc2)cc1. The van der Waals surface area contributed by atoms with E-state index in [2.05, 4.69) is 169 Å². The van der Waals surface area contributed by atoms with E-state index in [9.17, 15) is 0 Å². The van der Waals surface area contributed by atoms with Gasteiger partial charge in [-0.15, -0.1) is 0 Å². The van der Waals surface area contributed by atoms with Gasteiger partial charge in [0.1, 0.15) is 11.5 Å². The summed E-state index contributed by atoms with van der Waals surface area (Å²) in [4.78, 5) is 2.33. The Kier molecular flexibility index (Phi) is 7.47. The molecule has 0 saturated heterocycles. The lowest BCUT2D eigenvalue weighted by Gasteiger charge is -2.28. The maximum Gasteiger partial charge on any atom is 0.177 e. The van der Waals surface area contributed by atoms with Gasteiger partial charge in [0.05, 0.1) is 11.1 Å². The number of hydrogen-bond acceptors (Lipinski definition) is 3. The van der Waals surface area contributed by atoms with Crippen molar-refractivity contribution in [2.24, 2.45) is 0 Å². The molecule has 0 bridgehead atoms. The molecule has 1 heterocycles. The van der Waals surface area contributed by atoms with Crippen LogP contribution in [0.3, 0.4) is 0 Å². The van der Waals surface area contributed by atoms with Gasteiger partial charge >= 0.3 is 0 Å². The Morgan fingerprint density at radius 2 is 0.849 bits per heavy atom. The van der Waals surface area contributed by atoms with E-state index in [1.54, 1.807) is 0 Å². The summed E-state index contributed by atoms with van der Waals surface area (Å²) in [6.45, 7) is 0. The number of benzene rings is 9. The maximum atomic E-state index is 6.82. The highest BCUT2D eigenvalue weighted by atomic mass is 16.5.